The fourth-order valence-electron chi connectivity index (χ4n) is 7.28. The Bertz CT molecular complexity index is 2010. The molecule has 5 aromatic rings. The fraction of sp³-hybridized carbons (Fsp3) is 0.385. The Hall–Kier alpha value is -5.80. The van der Waals surface area contributed by atoms with Crippen molar-refractivity contribution in [1.29, 1.82) is 0 Å². The highest BCUT2D eigenvalue weighted by atomic mass is 16.5. The summed E-state index contributed by atoms with van der Waals surface area (Å²) in [6.07, 6.45) is 3.67. The second-order valence-corrected chi connectivity index (χ2v) is 13.6. The number of benzene rings is 2. The fourth-order valence-corrected chi connectivity index (χ4v) is 7.28. The molecule has 7 rings (SSSR count). The summed E-state index contributed by atoms with van der Waals surface area (Å²) in [4.78, 5) is 45.9. The van der Waals surface area contributed by atoms with Crippen molar-refractivity contribution < 1.29 is 29.3 Å². The van der Waals surface area contributed by atoms with Gasteiger partial charge in [-0.15, -0.1) is 0 Å². The molecule has 1 aliphatic carbocycles. The number of pyridine rings is 1. The monoisotopic (exact) mass is 735 g/mol. The molecular weight excluding hydrogens is 690 g/mol. The number of nitrogens with one attached hydrogen (secondary N) is 3. The van der Waals surface area contributed by atoms with E-state index in [1.54, 1.807) is 56.6 Å². The van der Waals surface area contributed by atoms with Gasteiger partial charge in [-0.1, -0.05) is 31.2 Å². The number of aliphatic hydroxyl groups excluding tert-OH is 2. The van der Waals surface area contributed by atoms with Crippen LogP contribution in [0.4, 0.5) is 11.8 Å². The second-order valence-electron chi connectivity index (χ2n) is 13.6. The van der Waals surface area contributed by atoms with Gasteiger partial charge in [0.2, 0.25) is 11.9 Å². The van der Waals surface area contributed by atoms with Crippen molar-refractivity contribution in [2.24, 2.45) is 0 Å². The summed E-state index contributed by atoms with van der Waals surface area (Å²) < 4.78 is 12.6. The van der Waals surface area contributed by atoms with Gasteiger partial charge in [0.1, 0.15) is 23.7 Å². The maximum Gasteiger partial charge on any atom is 0.251 e. The number of fused-ring (bicyclic) bond motifs is 1. The summed E-state index contributed by atoms with van der Waals surface area (Å²) in [5.41, 5.74) is 3.60. The lowest BCUT2D eigenvalue weighted by atomic mass is 9.91. The number of methoxy groups -OCH3 is 2. The highest BCUT2D eigenvalue weighted by molar-refractivity contribution is 5.94. The molecule has 2 aliphatic rings. The van der Waals surface area contributed by atoms with E-state index in [1.807, 2.05) is 53.4 Å². The average Bonchev–Trinajstić information content (AvgIpc) is 3.93. The molecule has 0 spiro atoms. The van der Waals surface area contributed by atoms with Gasteiger partial charge in [0.15, 0.2) is 17.0 Å². The smallest absolute Gasteiger partial charge is 0.251 e. The molecule has 0 unspecified atom stereocenters. The van der Waals surface area contributed by atoms with Gasteiger partial charge in [-0.05, 0) is 60.4 Å². The van der Waals surface area contributed by atoms with Gasteiger partial charge < -0.3 is 45.1 Å². The first-order chi connectivity index (χ1) is 26.3. The van der Waals surface area contributed by atoms with Crippen LogP contribution in [0.15, 0.2) is 79.4 Å². The summed E-state index contributed by atoms with van der Waals surface area (Å²) in [7, 11) is 3.28. The van der Waals surface area contributed by atoms with Crippen molar-refractivity contribution in [2.75, 3.05) is 44.1 Å². The van der Waals surface area contributed by atoms with Crippen molar-refractivity contribution >= 4 is 34.7 Å². The number of aromatic nitrogens is 5. The van der Waals surface area contributed by atoms with Gasteiger partial charge in [0.05, 0.1) is 32.6 Å². The minimum Gasteiger partial charge on any atom is -0.497 e. The molecule has 54 heavy (non-hydrogen) atoms. The number of ether oxygens (including phenoxy) is 2. The number of carbonyl (C=O) groups is 2. The summed E-state index contributed by atoms with van der Waals surface area (Å²) in [5.74, 6) is 1.94. The first-order valence-corrected chi connectivity index (χ1v) is 18.1. The molecule has 2 fully saturated rings. The number of anilines is 2. The number of amides is 2. The van der Waals surface area contributed by atoms with E-state index >= 15 is 0 Å². The highest BCUT2D eigenvalue weighted by Gasteiger charge is 2.44. The molecule has 4 heterocycles. The zero-order valence-corrected chi connectivity index (χ0v) is 30.4. The molecule has 0 bridgehead atoms. The SMILES string of the molecule is CCC(=O)N[C@H]1C[C@@H](n2cnc3c(NCC(c4ccc(OC)cc4)c4ccc(OC)cc4)nc(N4CC[C@@H](NC(=O)c5ccncc5)C4)nc32)[C@H](O)[C@@H]1O. The maximum absolute atomic E-state index is 13.0. The Morgan fingerprint density at radius 1 is 0.907 bits per heavy atom. The number of hydrogen-bond acceptors (Lipinski definition) is 12. The second kappa shape index (κ2) is 16.1. The van der Waals surface area contributed by atoms with Crippen molar-refractivity contribution in [2.45, 2.75) is 62.4 Å². The van der Waals surface area contributed by atoms with Gasteiger partial charge in [-0.25, -0.2) is 4.98 Å². The molecule has 0 radical (unpaired) electrons. The predicted octanol–water partition coefficient (Wildman–Crippen LogP) is 3.05. The van der Waals surface area contributed by atoms with E-state index in [0.29, 0.717) is 54.5 Å². The molecule has 2 aromatic carbocycles. The van der Waals surface area contributed by atoms with E-state index in [-0.39, 0.29) is 36.6 Å². The van der Waals surface area contributed by atoms with Crippen LogP contribution in [-0.2, 0) is 4.79 Å². The Labute approximate surface area is 312 Å². The number of hydrogen-bond donors (Lipinski definition) is 5. The van der Waals surface area contributed by atoms with Crippen molar-refractivity contribution in [3.05, 3.63) is 96.1 Å². The minimum atomic E-state index is -1.17. The van der Waals surface area contributed by atoms with Gasteiger partial charge in [-0.2, -0.15) is 9.97 Å². The summed E-state index contributed by atoms with van der Waals surface area (Å²) in [6, 6.07) is 17.9. The summed E-state index contributed by atoms with van der Waals surface area (Å²) in [6.45, 7) is 3.25. The molecule has 282 valence electrons. The maximum atomic E-state index is 13.0. The van der Waals surface area contributed by atoms with E-state index < -0.39 is 24.3 Å². The van der Waals surface area contributed by atoms with Crippen LogP contribution in [0.3, 0.4) is 0 Å². The van der Waals surface area contributed by atoms with Gasteiger partial charge in [-0.3, -0.25) is 14.6 Å². The van der Waals surface area contributed by atoms with Crippen LogP contribution in [0.25, 0.3) is 11.2 Å². The minimum absolute atomic E-state index is 0.105. The van der Waals surface area contributed by atoms with Crippen molar-refractivity contribution in [1.82, 2.24) is 35.1 Å². The largest absolute Gasteiger partial charge is 0.497 e. The van der Waals surface area contributed by atoms with Crippen LogP contribution in [-0.4, -0.2) is 105 Å². The summed E-state index contributed by atoms with van der Waals surface area (Å²) >= 11 is 0. The first-order valence-electron chi connectivity index (χ1n) is 18.1. The molecule has 5 N–H and O–H groups in total. The zero-order valence-electron chi connectivity index (χ0n) is 30.4. The third-order valence-corrected chi connectivity index (χ3v) is 10.3. The van der Waals surface area contributed by atoms with Gasteiger partial charge >= 0.3 is 0 Å². The van der Waals surface area contributed by atoms with Crippen LogP contribution < -0.4 is 30.3 Å². The Morgan fingerprint density at radius 3 is 2.20 bits per heavy atom. The predicted molar refractivity (Wildman–Crippen MR) is 202 cm³/mol. The van der Waals surface area contributed by atoms with Gasteiger partial charge in [0.25, 0.3) is 5.91 Å². The lowest BCUT2D eigenvalue weighted by Gasteiger charge is -2.22. The quantitative estimate of drug-likeness (QED) is 0.119. The zero-order chi connectivity index (χ0) is 37.8. The van der Waals surface area contributed by atoms with Crippen LogP contribution in [0.5, 0.6) is 11.5 Å². The molecule has 15 nitrogen and oxygen atoms in total. The molecule has 1 saturated carbocycles. The van der Waals surface area contributed by atoms with Crippen LogP contribution in [0, 0.1) is 0 Å². The van der Waals surface area contributed by atoms with E-state index in [2.05, 4.69) is 20.9 Å². The first kappa shape index (κ1) is 36.6. The van der Waals surface area contributed by atoms with Crippen molar-refractivity contribution in [3.63, 3.8) is 0 Å². The topological polar surface area (TPSA) is 189 Å². The molecule has 15 heteroatoms. The van der Waals surface area contributed by atoms with E-state index in [4.69, 9.17) is 24.4 Å². The number of imidazole rings is 1. The lowest BCUT2D eigenvalue weighted by molar-refractivity contribution is -0.122. The third-order valence-electron chi connectivity index (χ3n) is 10.3. The summed E-state index contributed by atoms with van der Waals surface area (Å²) in [5, 5.41) is 31.7. The molecule has 1 aliphatic heterocycles. The number of aliphatic hydroxyl groups is 2. The van der Waals surface area contributed by atoms with Gasteiger partial charge in [0, 0.05) is 56.0 Å². The molecule has 3 aromatic heterocycles. The van der Waals surface area contributed by atoms with E-state index in [0.717, 1.165) is 22.6 Å². The normalized spacial score (nSPS) is 21.0. The Balaban J connectivity index is 1.22. The molecular formula is C39H45N9O6. The van der Waals surface area contributed by atoms with Crippen LogP contribution >= 0.6 is 0 Å². The Morgan fingerprint density at radius 2 is 1.57 bits per heavy atom. The molecule has 2 amide bonds. The third kappa shape index (κ3) is 7.63. The van der Waals surface area contributed by atoms with Crippen LogP contribution in [0.1, 0.15) is 59.6 Å². The van der Waals surface area contributed by atoms with E-state index in [9.17, 15) is 19.8 Å². The highest BCUT2D eigenvalue weighted by Crippen LogP contribution is 2.36. The molecule has 5 atom stereocenters. The Kier molecular flexibility index (Phi) is 10.9. The molecule has 1 saturated heterocycles. The van der Waals surface area contributed by atoms with Crippen LogP contribution in [0.2, 0.25) is 0 Å². The lowest BCUT2D eigenvalue weighted by Crippen LogP contribution is -2.42. The average molecular weight is 736 g/mol. The van der Waals surface area contributed by atoms with E-state index in [1.165, 1.54) is 0 Å². The number of rotatable bonds is 13. The standard InChI is InChI=1S/C39H45N9O6/c1-4-32(49)44-30-19-31(35(51)34(30)50)48-22-42-33-36(41-20-29(23-5-9-27(53-2)10-6-23)24-7-11-28(54-3)12-8-24)45-39(46-37(33)48)47-18-15-26(21-47)43-38(52)25-13-16-40-17-14-25/h5-14,16-17,22,26,29-31,34-35,50-51H,4,15,18-21H2,1-3H3,(H,43,52)(H,44,49)(H,41,45,46)/t26-,30+,31-,34-,35+/m1/s1. The van der Waals surface area contributed by atoms with Crippen molar-refractivity contribution in [3.8, 4) is 11.5 Å². The number of carbonyl (C=O) groups excluding carboxylic acids is 2. The number of nitrogens with zero attached hydrogens (tertiary/aromatic N) is 6.